The Kier molecular flexibility index (Phi) is 3.17. The summed E-state index contributed by atoms with van der Waals surface area (Å²) < 4.78 is 1.77. The minimum Gasteiger partial charge on any atom is -0.292 e. The Labute approximate surface area is 136 Å². The number of aromatic nitrogens is 2. The standard InChI is InChI=1S/C17H13ClN2OS/c1-10-2-4-13(22-10)8-11-6-7-20-16(11)19-15-9-12(18)3-5-14(15)17(20)21/h2-5,8-9H,6-7H2,1H3/b11-8-. The number of hydrogen-bond acceptors (Lipinski definition) is 3. The monoisotopic (exact) mass is 328 g/mol. The molecule has 3 nitrogen and oxygen atoms in total. The summed E-state index contributed by atoms with van der Waals surface area (Å²) in [5, 5.41) is 1.23. The van der Waals surface area contributed by atoms with E-state index in [-0.39, 0.29) is 5.56 Å². The van der Waals surface area contributed by atoms with E-state index in [1.54, 1.807) is 34.1 Å². The fourth-order valence-electron chi connectivity index (χ4n) is 2.83. The highest BCUT2D eigenvalue weighted by molar-refractivity contribution is 7.12. The van der Waals surface area contributed by atoms with Gasteiger partial charge in [0.2, 0.25) is 0 Å². The first kappa shape index (κ1) is 13.7. The first-order valence-corrected chi connectivity index (χ1v) is 8.29. The van der Waals surface area contributed by atoms with E-state index in [9.17, 15) is 4.79 Å². The van der Waals surface area contributed by atoms with Crippen LogP contribution in [0.5, 0.6) is 0 Å². The van der Waals surface area contributed by atoms with Gasteiger partial charge in [0.25, 0.3) is 5.56 Å². The predicted molar refractivity (Wildman–Crippen MR) is 92.6 cm³/mol. The smallest absolute Gasteiger partial charge is 0.261 e. The van der Waals surface area contributed by atoms with Crippen molar-refractivity contribution in [2.75, 3.05) is 0 Å². The van der Waals surface area contributed by atoms with Crippen molar-refractivity contribution in [2.24, 2.45) is 0 Å². The molecular weight excluding hydrogens is 316 g/mol. The van der Waals surface area contributed by atoms with Gasteiger partial charge in [-0.3, -0.25) is 9.36 Å². The van der Waals surface area contributed by atoms with Crippen LogP contribution in [0.2, 0.25) is 5.02 Å². The minimum absolute atomic E-state index is 0.0161. The van der Waals surface area contributed by atoms with Gasteiger partial charge in [-0.15, -0.1) is 11.3 Å². The fourth-order valence-corrected chi connectivity index (χ4v) is 3.84. The molecule has 1 aromatic carbocycles. The lowest BCUT2D eigenvalue weighted by atomic mass is 10.2. The van der Waals surface area contributed by atoms with Crippen LogP contribution in [0.25, 0.3) is 22.6 Å². The quantitative estimate of drug-likeness (QED) is 0.665. The molecule has 0 saturated carbocycles. The number of benzene rings is 1. The van der Waals surface area contributed by atoms with Crippen molar-refractivity contribution in [1.29, 1.82) is 0 Å². The lowest BCUT2D eigenvalue weighted by Crippen LogP contribution is -2.20. The van der Waals surface area contributed by atoms with E-state index < -0.39 is 0 Å². The molecule has 1 aliphatic heterocycles. The maximum Gasteiger partial charge on any atom is 0.261 e. The number of rotatable bonds is 1. The maximum absolute atomic E-state index is 12.6. The van der Waals surface area contributed by atoms with Gasteiger partial charge >= 0.3 is 0 Å². The van der Waals surface area contributed by atoms with Gasteiger partial charge in [0.1, 0.15) is 5.82 Å². The summed E-state index contributed by atoms with van der Waals surface area (Å²) in [5.41, 5.74) is 1.79. The Bertz CT molecular complexity index is 984. The summed E-state index contributed by atoms with van der Waals surface area (Å²) >= 11 is 7.78. The highest BCUT2D eigenvalue weighted by Gasteiger charge is 2.21. The molecular formula is C17H13ClN2OS. The van der Waals surface area contributed by atoms with Crippen LogP contribution < -0.4 is 5.56 Å². The Balaban J connectivity index is 1.93. The highest BCUT2D eigenvalue weighted by Crippen LogP contribution is 2.29. The largest absolute Gasteiger partial charge is 0.292 e. The van der Waals surface area contributed by atoms with Crippen molar-refractivity contribution in [3.05, 3.63) is 61.3 Å². The van der Waals surface area contributed by atoms with E-state index in [1.807, 2.05) is 0 Å². The third-order valence-electron chi connectivity index (χ3n) is 3.89. The van der Waals surface area contributed by atoms with E-state index in [0.29, 0.717) is 22.5 Å². The molecule has 110 valence electrons. The molecule has 22 heavy (non-hydrogen) atoms. The molecule has 0 N–H and O–H groups in total. The van der Waals surface area contributed by atoms with Crippen molar-refractivity contribution >= 4 is 45.5 Å². The van der Waals surface area contributed by atoms with E-state index in [0.717, 1.165) is 17.8 Å². The molecule has 5 heteroatoms. The van der Waals surface area contributed by atoms with Crippen molar-refractivity contribution in [3.8, 4) is 0 Å². The van der Waals surface area contributed by atoms with Crippen LogP contribution in [-0.4, -0.2) is 9.55 Å². The predicted octanol–water partition coefficient (Wildman–Crippen LogP) is 4.36. The summed E-state index contributed by atoms with van der Waals surface area (Å²) in [6.45, 7) is 2.78. The number of allylic oxidation sites excluding steroid dienone is 1. The normalized spacial score (nSPS) is 15.6. The summed E-state index contributed by atoms with van der Waals surface area (Å²) in [6, 6.07) is 9.45. The molecule has 0 radical (unpaired) electrons. The zero-order valence-electron chi connectivity index (χ0n) is 12.0. The van der Waals surface area contributed by atoms with Gasteiger partial charge in [0.15, 0.2) is 0 Å². The molecule has 0 saturated heterocycles. The zero-order chi connectivity index (χ0) is 15.3. The summed E-state index contributed by atoms with van der Waals surface area (Å²) in [7, 11) is 0. The summed E-state index contributed by atoms with van der Waals surface area (Å²) in [5.74, 6) is 0.769. The van der Waals surface area contributed by atoms with E-state index >= 15 is 0 Å². The number of fused-ring (bicyclic) bond motifs is 2. The van der Waals surface area contributed by atoms with Gasteiger partial charge in [0, 0.05) is 21.3 Å². The molecule has 3 aromatic rings. The third-order valence-corrected chi connectivity index (χ3v) is 5.07. The first-order valence-electron chi connectivity index (χ1n) is 7.09. The van der Waals surface area contributed by atoms with E-state index in [2.05, 4.69) is 30.1 Å². The van der Waals surface area contributed by atoms with Crippen molar-refractivity contribution in [1.82, 2.24) is 9.55 Å². The Morgan fingerprint density at radius 3 is 2.95 bits per heavy atom. The zero-order valence-corrected chi connectivity index (χ0v) is 13.5. The Morgan fingerprint density at radius 2 is 2.18 bits per heavy atom. The molecule has 0 aliphatic carbocycles. The molecule has 0 amide bonds. The van der Waals surface area contributed by atoms with Gasteiger partial charge in [-0.2, -0.15) is 0 Å². The molecule has 1 aliphatic rings. The second-order valence-electron chi connectivity index (χ2n) is 5.42. The van der Waals surface area contributed by atoms with Crippen LogP contribution in [-0.2, 0) is 6.54 Å². The molecule has 0 fully saturated rings. The van der Waals surface area contributed by atoms with Crippen LogP contribution in [0.3, 0.4) is 0 Å². The fraction of sp³-hybridized carbons (Fsp3) is 0.176. The van der Waals surface area contributed by atoms with Gasteiger partial charge in [-0.25, -0.2) is 4.98 Å². The molecule has 0 atom stereocenters. The molecule has 0 spiro atoms. The van der Waals surface area contributed by atoms with E-state index in [4.69, 9.17) is 11.6 Å². The second-order valence-corrected chi connectivity index (χ2v) is 7.18. The van der Waals surface area contributed by atoms with Crippen LogP contribution in [0.1, 0.15) is 22.0 Å². The van der Waals surface area contributed by atoms with Crippen LogP contribution >= 0.6 is 22.9 Å². The van der Waals surface area contributed by atoms with Crippen molar-refractivity contribution in [3.63, 3.8) is 0 Å². The van der Waals surface area contributed by atoms with Gasteiger partial charge in [-0.05, 0) is 55.3 Å². The summed E-state index contributed by atoms with van der Waals surface area (Å²) in [6.07, 6.45) is 2.97. The van der Waals surface area contributed by atoms with Gasteiger partial charge in [0.05, 0.1) is 10.9 Å². The number of hydrogen-bond donors (Lipinski definition) is 0. The average Bonchev–Trinajstić information content (AvgIpc) is 3.07. The minimum atomic E-state index is 0.0161. The SMILES string of the molecule is Cc1ccc(/C=C2/CCn3c2nc2cc(Cl)ccc2c3=O)s1. The Hall–Kier alpha value is -1.91. The molecule has 2 aromatic heterocycles. The topological polar surface area (TPSA) is 34.9 Å². The Morgan fingerprint density at radius 1 is 1.32 bits per heavy atom. The lowest BCUT2D eigenvalue weighted by molar-refractivity contribution is 0.725. The van der Waals surface area contributed by atoms with Crippen LogP contribution in [0, 0.1) is 6.92 Å². The van der Waals surface area contributed by atoms with E-state index in [1.165, 1.54) is 9.75 Å². The number of thiophene rings is 1. The van der Waals surface area contributed by atoms with Crippen molar-refractivity contribution in [2.45, 2.75) is 19.9 Å². The second kappa shape index (κ2) is 5.07. The average molecular weight is 329 g/mol. The van der Waals surface area contributed by atoms with Crippen LogP contribution in [0.4, 0.5) is 0 Å². The lowest BCUT2D eigenvalue weighted by Gasteiger charge is -2.05. The number of aryl methyl sites for hydroxylation is 1. The maximum atomic E-state index is 12.6. The molecule has 0 bridgehead atoms. The van der Waals surface area contributed by atoms with Gasteiger partial charge in [-0.1, -0.05) is 11.6 Å². The van der Waals surface area contributed by atoms with Crippen LogP contribution in [0.15, 0.2) is 35.1 Å². The van der Waals surface area contributed by atoms with Gasteiger partial charge < -0.3 is 0 Å². The number of halogens is 1. The van der Waals surface area contributed by atoms with Crippen molar-refractivity contribution < 1.29 is 0 Å². The summed E-state index contributed by atoms with van der Waals surface area (Å²) in [4.78, 5) is 19.7. The molecule has 0 unspecified atom stereocenters. The molecule has 3 heterocycles. The third kappa shape index (κ3) is 2.19. The number of nitrogens with zero attached hydrogens (tertiary/aromatic N) is 2. The molecule has 4 rings (SSSR count). The first-order chi connectivity index (χ1) is 10.6. The highest BCUT2D eigenvalue weighted by atomic mass is 35.5.